The van der Waals surface area contributed by atoms with Gasteiger partial charge in [0.05, 0.1) is 0 Å². The normalized spacial score (nSPS) is 20.4. The molecule has 3 rings (SSSR count). The summed E-state index contributed by atoms with van der Waals surface area (Å²) in [6.45, 7) is 4.54. The lowest BCUT2D eigenvalue weighted by Gasteiger charge is -2.24. The van der Waals surface area contributed by atoms with E-state index in [9.17, 15) is 0 Å². The third-order valence-corrected chi connectivity index (χ3v) is 4.84. The molecule has 0 radical (unpaired) electrons. The Kier molecular flexibility index (Phi) is 3.48. The lowest BCUT2D eigenvalue weighted by Crippen LogP contribution is -2.22. The van der Waals surface area contributed by atoms with E-state index in [0.29, 0.717) is 6.04 Å². The monoisotopic (exact) mass is 257 g/mol. The van der Waals surface area contributed by atoms with Crippen LogP contribution in [0, 0.1) is 6.92 Å². The molecule has 0 aliphatic carbocycles. The molecule has 1 aromatic carbocycles. The summed E-state index contributed by atoms with van der Waals surface area (Å²) in [4.78, 5) is 4.16. The molecule has 1 atom stereocenters. The Bertz CT molecular complexity index is 504. The Morgan fingerprint density at radius 3 is 2.89 bits per heavy atom. The average molecular weight is 257 g/mol. The van der Waals surface area contributed by atoms with Gasteiger partial charge in [-0.25, -0.2) is 0 Å². The molecule has 1 fully saturated rings. The van der Waals surface area contributed by atoms with Crippen molar-refractivity contribution in [3.63, 3.8) is 0 Å². The van der Waals surface area contributed by atoms with Gasteiger partial charge < -0.3 is 0 Å². The molecule has 2 heterocycles. The van der Waals surface area contributed by atoms with Gasteiger partial charge in [0.15, 0.2) is 0 Å². The lowest BCUT2D eigenvalue weighted by atomic mass is 10.1. The van der Waals surface area contributed by atoms with Crippen LogP contribution in [0.2, 0.25) is 0 Å². The minimum absolute atomic E-state index is 0.643. The topological polar surface area (TPSA) is 3.24 Å². The molecule has 0 saturated carbocycles. The van der Waals surface area contributed by atoms with Crippen molar-refractivity contribution in [2.24, 2.45) is 0 Å². The molecule has 94 valence electrons. The van der Waals surface area contributed by atoms with Gasteiger partial charge in [-0.05, 0) is 48.9 Å². The third-order valence-electron chi connectivity index (χ3n) is 3.87. The molecule has 1 aliphatic heterocycles. The van der Waals surface area contributed by atoms with Crippen molar-refractivity contribution in [3.05, 3.63) is 57.8 Å². The van der Waals surface area contributed by atoms with Crippen molar-refractivity contribution >= 4 is 11.3 Å². The number of likely N-dealkylation sites (tertiary alicyclic amines) is 1. The van der Waals surface area contributed by atoms with Gasteiger partial charge in [0.2, 0.25) is 0 Å². The van der Waals surface area contributed by atoms with E-state index in [0.717, 1.165) is 6.54 Å². The first-order valence-electron chi connectivity index (χ1n) is 6.66. The maximum absolute atomic E-state index is 2.63. The van der Waals surface area contributed by atoms with Gasteiger partial charge in [-0.3, -0.25) is 4.90 Å². The average Bonchev–Trinajstić information content (AvgIpc) is 3.02. The van der Waals surface area contributed by atoms with E-state index in [1.165, 1.54) is 35.4 Å². The summed E-state index contributed by atoms with van der Waals surface area (Å²) in [7, 11) is 0. The highest BCUT2D eigenvalue weighted by atomic mass is 32.1. The fourth-order valence-electron chi connectivity index (χ4n) is 2.82. The first kappa shape index (κ1) is 11.9. The van der Waals surface area contributed by atoms with Crippen LogP contribution >= 0.6 is 11.3 Å². The van der Waals surface area contributed by atoms with Gasteiger partial charge in [0, 0.05) is 17.5 Å². The summed E-state index contributed by atoms with van der Waals surface area (Å²) >= 11 is 1.90. The summed E-state index contributed by atoms with van der Waals surface area (Å²) in [5.41, 5.74) is 2.88. The Balaban J connectivity index is 1.78. The fourth-order valence-corrected chi connectivity index (χ4v) is 3.72. The minimum Gasteiger partial charge on any atom is -0.291 e. The molecule has 2 aromatic rings. The smallest absolute Gasteiger partial charge is 0.0445 e. The highest BCUT2D eigenvalue weighted by Gasteiger charge is 2.26. The van der Waals surface area contributed by atoms with Crippen LogP contribution < -0.4 is 0 Å². The molecule has 1 aromatic heterocycles. The molecule has 1 aliphatic rings. The number of thiophene rings is 1. The molecule has 1 nitrogen and oxygen atoms in total. The number of nitrogens with zero attached hydrogens (tertiary/aromatic N) is 1. The van der Waals surface area contributed by atoms with Crippen LogP contribution in [0.15, 0.2) is 41.8 Å². The van der Waals surface area contributed by atoms with E-state index in [2.05, 4.69) is 53.6 Å². The number of hydrogen-bond acceptors (Lipinski definition) is 2. The van der Waals surface area contributed by atoms with Crippen molar-refractivity contribution in [3.8, 4) is 0 Å². The van der Waals surface area contributed by atoms with Crippen LogP contribution in [0.4, 0.5) is 0 Å². The summed E-state index contributed by atoms with van der Waals surface area (Å²) in [6.07, 6.45) is 2.64. The van der Waals surface area contributed by atoms with Crippen molar-refractivity contribution in [1.82, 2.24) is 4.90 Å². The maximum Gasteiger partial charge on any atom is 0.0445 e. The highest BCUT2D eigenvalue weighted by molar-refractivity contribution is 7.10. The van der Waals surface area contributed by atoms with Gasteiger partial charge >= 0.3 is 0 Å². The molecular weight excluding hydrogens is 238 g/mol. The van der Waals surface area contributed by atoms with Crippen molar-refractivity contribution in [2.45, 2.75) is 32.4 Å². The Hall–Kier alpha value is -1.12. The summed E-state index contributed by atoms with van der Waals surface area (Å²) in [5.74, 6) is 0. The van der Waals surface area contributed by atoms with E-state index in [1.807, 2.05) is 11.3 Å². The van der Waals surface area contributed by atoms with E-state index in [1.54, 1.807) is 0 Å². The predicted octanol–water partition coefficient (Wildman–Crippen LogP) is 4.39. The molecular formula is C16H19NS. The predicted molar refractivity (Wildman–Crippen MR) is 77.9 cm³/mol. The van der Waals surface area contributed by atoms with E-state index >= 15 is 0 Å². The fraction of sp³-hybridized carbons (Fsp3) is 0.375. The molecule has 2 heteroatoms. The number of benzene rings is 1. The Morgan fingerprint density at radius 2 is 2.11 bits per heavy atom. The second-order valence-corrected chi connectivity index (χ2v) is 6.05. The second-order valence-electron chi connectivity index (χ2n) is 5.07. The van der Waals surface area contributed by atoms with E-state index < -0.39 is 0 Å². The van der Waals surface area contributed by atoms with Crippen molar-refractivity contribution < 1.29 is 0 Å². The lowest BCUT2D eigenvalue weighted by molar-refractivity contribution is 0.251. The van der Waals surface area contributed by atoms with Crippen LogP contribution in [0.1, 0.15) is 34.9 Å². The SMILES string of the molecule is Cc1ccccc1CN1CCCC1c1cccs1. The number of hydrogen-bond donors (Lipinski definition) is 0. The Morgan fingerprint density at radius 1 is 1.22 bits per heavy atom. The van der Waals surface area contributed by atoms with Gasteiger partial charge in [0.25, 0.3) is 0 Å². The largest absolute Gasteiger partial charge is 0.291 e. The minimum atomic E-state index is 0.643. The zero-order chi connectivity index (χ0) is 12.4. The zero-order valence-electron chi connectivity index (χ0n) is 10.8. The van der Waals surface area contributed by atoms with Crippen LogP contribution in [0.25, 0.3) is 0 Å². The van der Waals surface area contributed by atoms with Crippen molar-refractivity contribution in [1.29, 1.82) is 0 Å². The van der Waals surface area contributed by atoms with Crippen LogP contribution in [0.5, 0.6) is 0 Å². The molecule has 18 heavy (non-hydrogen) atoms. The summed E-state index contributed by atoms with van der Waals surface area (Å²) in [6, 6.07) is 13.9. The van der Waals surface area contributed by atoms with Crippen LogP contribution in [-0.2, 0) is 6.54 Å². The molecule has 0 N–H and O–H groups in total. The molecule has 0 spiro atoms. The van der Waals surface area contributed by atoms with E-state index in [-0.39, 0.29) is 0 Å². The molecule has 0 amide bonds. The first-order valence-corrected chi connectivity index (χ1v) is 7.54. The molecule has 1 unspecified atom stereocenters. The third kappa shape index (κ3) is 2.36. The van der Waals surface area contributed by atoms with Crippen molar-refractivity contribution in [2.75, 3.05) is 6.54 Å². The van der Waals surface area contributed by atoms with Gasteiger partial charge in [-0.1, -0.05) is 30.3 Å². The molecule has 1 saturated heterocycles. The second kappa shape index (κ2) is 5.25. The number of rotatable bonds is 3. The van der Waals surface area contributed by atoms with Crippen LogP contribution in [-0.4, -0.2) is 11.4 Å². The summed E-state index contributed by atoms with van der Waals surface area (Å²) < 4.78 is 0. The van der Waals surface area contributed by atoms with Gasteiger partial charge in [-0.2, -0.15) is 0 Å². The van der Waals surface area contributed by atoms with Crippen LogP contribution in [0.3, 0.4) is 0 Å². The maximum atomic E-state index is 2.63. The number of aryl methyl sites for hydroxylation is 1. The highest BCUT2D eigenvalue weighted by Crippen LogP contribution is 2.35. The van der Waals surface area contributed by atoms with Gasteiger partial charge in [-0.15, -0.1) is 11.3 Å². The first-order chi connectivity index (χ1) is 8.84. The summed E-state index contributed by atoms with van der Waals surface area (Å²) in [5, 5.41) is 2.19. The Labute approximate surface area is 113 Å². The standard InChI is InChI=1S/C16H19NS/c1-13-6-2-3-7-14(13)12-17-10-4-8-15(17)16-9-5-11-18-16/h2-3,5-7,9,11,15H,4,8,10,12H2,1H3. The van der Waals surface area contributed by atoms with E-state index in [4.69, 9.17) is 0 Å². The molecule has 0 bridgehead atoms. The van der Waals surface area contributed by atoms with Gasteiger partial charge in [0.1, 0.15) is 0 Å². The zero-order valence-corrected chi connectivity index (χ0v) is 11.6. The quantitative estimate of drug-likeness (QED) is 0.788.